The maximum absolute atomic E-state index is 4.27. The second-order valence-electron chi connectivity index (χ2n) is 3.77. The van der Waals surface area contributed by atoms with Crippen LogP contribution in [0.5, 0.6) is 0 Å². The van der Waals surface area contributed by atoms with Crippen LogP contribution in [0.15, 0.2) is 60.7 Å². The van der Waals surface area contributed by atoms with Gasteiger partial charge in [-0.05, 0) is 25.1 Å². The lowest BCUT2D eigenvalue weighted by Crippen LogP contribution is -2.08. The molecule has 0 fully saturated rings. The molecule has 0 amide bonds. The highest BCUT2D eigenvalue weighted by atomic mass is 15.3. The molecule has 0 aliphatic rings. The molecule has 2 heterocycles. The summed E-state index contributed by atoms with van der Waals surface area (Å²) in [6.07, 6.45) is 6.97. The van der Waals surface area contributed by atoms with Crippen molar-refractivity contribution in [2.24, 2.45) is 5.10 Å². The Balaban J connectivity index is 2.05. The summed E-state index contributed by atoms with van der Waals surface area (Å²) >= 11 is 0. The van der Waals surface area contributed by atoms with Crippen LogP contribution in [-0.2, 0) is 0 Å². The van der Waals surface area contributed by atoms with E-state index in [-0.39, 0.29) is 0 Å². The van der Waals surface area contributed by atoms with Gasteiger partial charge < -0.3 is 0 Å². The van der Waals surface area contributed by atoms with Gasteiger partial charge in [-0.25, -0.2) is 0 Å². The van der Waals surface area contributed by atoms with Crippen molar-refractivity contribution in [2.75, 3.05) is 0 Å². The number of pyridine rings is 2. The van der Waals surface area contributed by atoms with Crippen LogP contribution >= 0.6 is 0 Å². The molecule has 4 nitrogen and oxygen atoms in total. The van der Waals surface area contributed by atoms with E-state index in [9.17, 15) is 0 Å². The SMILES string of the molecule is C=C(N/N=C(\C)c1cccnc1)c1cccnc1. The van der Waals surface area contributed by atoms with E-state index in [2.05, 4.69) is 27.1 Å². The van der Waals surface area contributed by atoms with Gasteiger partial charge in [0.2, 0.25) is 0 Å². The van der Waals surface area contributed by atoms with Crippen molar-refractivity contribution in [3.8, 4) is 0 Å². The average molecular weight is 238 g/mol. The lowest BCUT2D eigenvalue weighted by atomic mass is 10.2. The summed E-state index contributed by atoms with van der Waals surface area (Å²) in [6.45, 7) is 5.83. The van der Waals surface area contributed by atoms with E-state index in [1.807, 2.05) is 31.2 Å². The van der Waals surface area contributed by atoms with Crippen LogP contribution in [0.4, 0.5) is 0 Å². The first kappa shape index (κ1) is 12.0. The molecule has 2 rings (SSSR count). The highest BCUT2D eigenvalue weighted by molar-refractivity contribution is 5.98. The van der Waals surface area contributed by atoms with E-state index in [0.29, 0.717) is 5.70 Å². The van der Waals surface area contributed by atoms with Crippen molar-refractivity contribution in [2.45, 2.75) is 6.92 Å². The standard InChI is InChI=1S/C14H14N4/c1-11(13-5-3-7-15-9-13)17-18-12(2)14-6-4-8-16-10-14/h3-10,17H,1H2,2H3/b18-12+. The number of rotatable bonds is 4. The Kier molecular flexibility index (Phi) is 3.81. The van der Waals surface area contributed by atoms with Gasteiger partial charge in [-0.2, -0.15) is 5.10 Å². The number of nitrogens with zero attached hydrogens (tertiary/aromatic N) is 3. The zero-order valence-electron chi connectivity index (χ0n) is 10.2. The van der Waals surface area contributed by atoms with Gasteiger partial charge in [-0.15, -0.1) is 0 Å². The Hall–Kier alpha value is -2.49. The Morgan fingerprint density at radius 2 is 1.72 bits per heavy atom. The Morgan fingerprint density at radius 3 is 2.28 bits per heavy atom. The largest absolute Gasteiger partial charge is 0.278 e. The third-order valence-electron chi connectivity index (χ3n) is 2.45. The van der Waals surface area contributed by atoms with E-state index in [4.69, 9.17) is 0 Å². The first-order valence-corrected chi connectivity index (χ1v) is 5.57. The second-order valence-corrected chi connectivity index (χ2v) is 3.77. The zero-order chi connectivity index (χ0) is 12.8. The molecule has 0 spiro atoms. The number of hydrazone groups is 1. The van der Waals surface area contributed by atoms with Crippen LogP contribution in [0, 0.1) is 0 Å². The van der Waals surface area contributed by atoms with Crippen molar-refractivity contribution in [3.63, 3.8) is 0 Å². The highest BCUT2D eigenvalue weighted by Crippen LogP contribution is 2.07. The topological polar surface area (TPSA) is 50.2 Å². The fourth-order valence-corrected chi connectivity index (χ4v) is 1.40. The van der Waals surface area contributed by atoms with Crippen LogP contribution < -0.4 is 5.43 Å². The summed E-state index contributed by atoms with van der Waals surface area (Å²) in [6, 6.07) is 7.63. The van der Waals surface area contributed by atoms with E-state index < -0.39 is 0 Å². The first-order valence-electron chi connectivity index (χ1n) is 5.57. The summed E-state index contributed by atoms with van der Waals surface area (Å²) in [4.78, 5) is 8.08. The Morgan fingerprint density at radius 1 is 1.11 bits per heavy atom. The lowest BCUT2D eigenvalue weighted by Gasteiger charge is -2.05. The van der Waals surface area contributed by atoms with Crippen LogP contribution in [0.3, 0.4) is 0 Å². The minimum Gasteiger partial charge on any atom is -0.278 e. The van der Waals surface area contributed by atoms with Crippen molar-refractivity contribution in [3.05, 3.63) is 66.8 Å². The summed E-state index contributed by atoms with van der Waals surface area (Å²) in [5.41, 5.74) is 6.38. The monoisotopic (exact) mass is 238 g/mol. The maximum Gasteiger partial charge on any atom is 0.0663 e. The summed E-state index contributed by atoms with van der Waals surface area (Å²) in [5.74, 6) is 0. The van der Waals surface area contributed by atoms with E-state index in [1.165, 1.54) is 0 Å². The van der Waals surface area contributed by atoms with E-state index >= 15 is 0 Å². The fraction of sp³-hybridized carbons (Fsp3) is 0.0714. The summed E-state index contributed by atoms with van der Waals surface area (Å²) in [5, 5.41) is 4.27. The molecule has 0 saturated carbocycles. The van der Waals surface area contributed by atoms with E-state index in [0.717, 1.165) is 16.8 Å². The molecule has 0 aliphatic heterocycles. The Labute approximate surface area is 106 Å². The van der Waals surface area contributed by atoms with Gasteiger partial charge in [0.15, 0.2) is 0 Å². The molecule has 2 aromatic rings. The fourth-order valence-electron chi connectivity index (χ4n) is 1.40. The quantitative estimate of drug-likeness (QED) is 0.657. The lowest BCUT2D eigenvalue weighted by molar-refractivity contribution is 0.988. The smallest absolute Gasteiger partial charge is 0.0663 e. The van der Waals surface area contributed by atoms with Crippen molar-refractivity contribution in [1.29, 1.82) is 0 Å². The van der Waals surface area contributed by atoms with Crippen LogP contribution in [0.2, 0.25) is 0 Å². The molecule has 90 valence electrons. The molecule has 0 bridgehead atoms. The molecule has 1 N–H and O–H groups in total. The number of hydrogen-bond acceptors (Lipinski definition) is 4. The molecule has 0 aromatic carbocycles. The van der Waals surface area contributed by atoms with Crippen LogP contribution in [0.25, 0.3) is 5.70 Å². The molecule has 0 unspecified atom stereocenters. The van der Waals surface area contributed by atoms with E-state index in [1.54, 1.807) is 24.8 Å². The maximum atomic E-state index is 4.27. The average Bonchev–Trinajstić information content (AvgIpc) is 2.46. The first-order chi connectivity index (χ1) is 8.77. The van der Waals surface area contributed by atoms with Gasteiger partial charge >= 0.3 is 0 Å². The minimum absolute atomic E-state index is 0.714. The van der Waals surface area contributed by atoms with Gasteiger partial charge in [0.1, 0.15) is 0 Å². The normalized spacial score (nSPS) is 11.1. The number of nitrogens with one attached hydrogen (secondary N) is 1. The molecular formula is C14H14N4. The van der Waals surface area contributed by atoms with Gasteiger partial charge in [0.25, 0.3) is 0 Å². The molecule has 0 radical (unpaired) electrons. The third kappa shape index (κ3) is 3.01. The molecule has 0 saturated heterocycles. The van der Waals surface area contributed by atoms with Gasteiger partial charge in [0.05, 0.1) is 11.4 Å². The predicted octanol–water partition coefficient (Wildman–Crippen LogP) is 2.46. The minimum atomic E-state index is 0.714. The molecule has 2 aromatic heterocycles. The third-order valence-corrected chi connectivity index (χ3v) is 2.45. The Bertz CT molecular complexity index is 547. The molecule has 18 heavy (non-hydrogen) atoms. The highest BCUT2D eigenvalue weighted by Gasteiger charge is 1.98. The van der Waals surface area contributed by atoms with Crippen molar-refractivity contribution >= 4 is 11.4 Å². The molecule has 0 atom stereocenters. The zero-order valence-corrected chi connectivity index (χ0v) is 10.2. The summed E-state index contributed by atoms with van der Waals surface area (Å²) in [7, 11) is 0. The van der Waals surface area contributed by atoms with Gasteiger partial charge in [-0.3, -0.25) is 15.4 Å². The predicted molar refractivity (Wildman–Crippen MR) is 72.9 cm³/mol. The second kappa shape index (κ2) is 5.72. The number of aromatic nitrogens is 2. The van der Waals surface area contributed by atoms with Crippen LogP contribution in [0.1, 0.15) is 18.1 Å². The van der Waals surface area contributed by atoms with Gasteiger partial charge in [0, 0.05) is 35.9 Å². The number of hydrogen-bond donors (Lipinski definition) is 1. The van der Waals surface area contributed by atoms with Crippen molar-refractivity contribution < 1.29 is 0 Å². The molecule has 0 aliphatic carbocycles. The van der Waals surface area contributed by atoms with Crippen LogP contribution in [-0.4, -0.2) is 15.7 Å². The molecule has 4 heteroatoms. The van der Waals surface area contributed by atoms with Crippen molar-refractivity contribution in [1.82, 2.24) is 15.4 Å². The molecular weight excluding hydrogens is 224 g/mol. The summed E-state index contributed by atoms with van der Waals surface area (Å²) < 4.78 is 0. The van der Waals surface area contributed by atoms with Gasteiger partial charge in [-0.1, -0.05) is 12.6 Å².